The summed E-state index contributed by atoms with van der Waals surface area (Å²) in [7, 11) is 0. The molecule has 0 spiro atoms. The highest BCUT2D eigenvalue weighted by Gasteiger charge is 2.22. The summed E-state index contributed by atoms with van der Waals surface area (Å²) >= 11 is 0. The number of benzene rings is 1. The van der Waals surface area contributed by atoms with Crippen LogP contribution in [0.3, 0.4) is 0 Å². The van der Waals surface area contributed by atoms with Crippen LogP contribution in [0.1, 0.15) is 61.8 Å². The lowest BCUT2D eigenvalue weighted by molar-refractivity contribution is 0.158. The Morgan fingerprint density at radius 1 is 1.24 bits per heavy atom. The fourth-order valence-electron chi connectivity index (χ4n) is 3.98. The van der Waals surface area contributed by atoms with Crippen molar-refractivity contribution in [3.63, 3.8) is 0 Å². The van der Waals surface area contributed by atoms with Gasteiger partial charge >= 0.3 is 0 Å². The number of fused-ring (bicyclic) bond motifs is 1. The van der Waals surface area contributed by atoms with E-state index in [0.717, 1.165) is 12.6 Å². The molecule has 1 fully saturated rings. The van der Waals surface area contributed by atoms with Crippen LogP contribution < -0.4 is 5.32 Å². The molecule has 1 saturated heterocycles. The van der Waals surface area contributed by atoms with Gasteiger partial charge in [0.05, 0.1) is 0 Å². The van der Waals surface area contributed by atoms with E-state index < -0.39 is 0 Å². The highest BCUT2D eigenvalue weighted by molar-refractivity contribution is 5.37. The fraction of sp³-hybridized carbons (Fsp3) is 0.684. The normalized spacial score (nSPS) is 26.0. The van der Waals surface area contributed by atoms with E-state index in [0.29, 0.717) is 6.04 Å². The molecule has 0 bridgehead atoms. The summed E-state index contributed by atoms with van der Waals surface area (Å²) in [5.74, 6) is 0. The third-order valence-electron chi connectivity index (χ3n) is 5.33. The first-order valence-corrected chi connectivity index (χ1v) is 8.81. The van der Waals surface area contributed by atoms with Crippen LogP contribution in [0.15, 0.2) is 18.2 Å². The Kier molecular flexibility index (Phi) is 4.97. The van der Waals surface area contributed by atoms with Gasteiger partial charge in [-0.25, -0.2) is 0 Å². The number of hydrogen-bond donors (Lipinski definition) is 1. The number of aryl methyl sites for hydroxylation is 2. The van der Waals surface area contributed by atoms with Gasteiger partial charge < -0.3 is 10.2 Å². The number of rotatable bonds is 5. The van der Waals surface area contributed by atoms with Crippen molar-refractivity contribution in [3.05, 3.63) is 34.9 Å². The van der Waals surface area contributed by atoms with Crippen molar-refractivity contribution in [1.82, 2.24) is 10.2 Å². The van der Waals surface area contributed by atoms with Crippen LogP contribution >= 0.6 is 0 Å². The maximum absolute atomic E-state index is 3.79. The van der Waals surface area contributed by atoms with Crippen molar-refractivity contribution in [2.45, 2.75) is 64.5 Å². The number of likely N-dealkylation sites (tertiary alicyclic amines) is 1. The minimum Gasteiger partial charge on any atom is -0.310 e. The highest BCUT2D eigenvalue weighted by Crippen LogP contribution is 2.31. The summed E-state index contributed by atoms with van der Waals surface area (Å²) in [6.07, 6.45) is 8.02. The Labute approximate surface area is 129 Å². The first kappa shape index (κ1) is 15.1. The Bertz CT molecular complexity index is 469. The summed E-state index contributed by atoms with van der Waals surface area (Å²) in [6.45, 7) is 8.32. The average Bonchev–Trinajstić information content (AvgIpc) is 2.88. The lowest BCUT2D eigenvalue weighted by atomic mass is 10.0. The zero-order chi connectivity index (χ0) is 14.7. The quantitative estimate of drug-likeness (QED) is 0.827. The standard InChI is InChI=1S/C19H30N2/c1-15-7-8-17-9-10-19(18(17)14-15)20-11-5-13-21-12-4-3-6-16(21)2/h7-8,14,16,19-20H,3-6,9-13H2,1-2H3. The predicted molar refractivity (Wildman–Crippen MR) is 89.7 cm³/mol. The molecule has 2 unspecified atom stereocenters. The van der Waals surface area contributed by atoms with Crippen LogP contribution in [0.2, 0.25) is 0 Å². The van der Waals surface area contributed by atoms with E-state index in [9.17, 15) is 0 Å². The molecule has 1 aromatic rings. The summed E-state index contributed by atoms with van der Waals surface area (Å²) in [6, 6.07) is 8.35. The van der Waals surface area contributed by atoms with Crippen molar-refractivity contribution >= 4 is 0 Å². The first-order chi connectivity index (χ1) is 10.2. The molecule has 2 nitrogen and oxygen atoms in total. The summed E-state index contributed by atoms with van der Waals surface area (Å²) < 4.78 is 0. The highest BCUT2D eigenvalue weighted by atomic mass is 15.2. The van der Waals surface area contributed by atoms with Gasteiger partial charge in [-0.15, -0.1) is 0 Å². The van der Waals surface area contributed by atoms with E-state index in [1.165, 1.54) is 57.2 Å². The van der Waals surface area contributed by atoms with Crippen LogP contribution in [0, 0.1) is 6.92 Å². The van der Waals surface area contributed by atoms with Crippen LogP contribution in [0.25, 0.3) is 0 Å². The zero-order valence-electron chi connectivity index (χ0n) is 13.7. The van der Waals surface area contributed by atoms with Crippen molar-refractivity contribution in [2.24, 2.45) is 0 Å². The van der Waals surface area contributed by atoms with E-state index in [4.69, 9.17) is 0 Å². The van der Waals surface area contributed by atoms with Gasteiger partial charge in [0.1, 0.15) is 0 Å². The van der Waals surface area contributed by atoms with Crippen LogP contribution in [-0.2, 0) is 6.42 Å². The van der Waals surface area contributed by atoms with E-state index in [-0.39, 0.29) is 0 Å². The number of piperidine rings is 1. The van der Waals surface area contributed by atoms with Gasteiger partial charge in [-0.1, -0.05) is 30.2 Å². The van der Waals surface area contributed by atoms with Gasteiger partial charge in [-0.05, 0) is 76.7 Å². The molecule has 2 heteroatoms. The molecule has 0 aromatic heterocycles. The summed E-state index contributed by atoms with van der Waals surface area (Å²) in [5.41, 5.74) is 4.51. The second-order valence-electron chi connectivity index (χ2n) is 6.98. The van der Waals surface area contributed by atoms with Gasteiger partial charge in [0.15, 0.2) is 0 Å². The molecule has 1 aromatic carbocycles. The second-order valence-corrected chi connectivity index (χ2v) is 6.98. The van der Waals surface area contributed by atoms with Gasteiger partial charge in [0, 0.05) is 12.1 Å². The van der Waals surface area contributed by atoms with E-state index in [1.807, 2.05) is 0 Å². The Morgan fingerprint density at radius 2 is 2.14 bits per heavy atom. The molecule has 0 amide bonds. The van der Waals surface area contributed by atoms with Crippen molar-refractivity contribution in [1.29, 1.82) is 0 Å². The van der Waals surface area contributed by atoms with E-state index >= 15 is 0 Å². The third-order valence-corrected chi connectivity index (χ3v) is 5.33. The van der Waals surface area contributed by atoms with Crippen molar-refractivity contribution in [2.75, 3.05) is 19.6 Å². The van der Waals surface area contributed by atoms with E-state index in [1.54, 1.807) is 11.1 Å². The van der Waals surface area contributed by atoms with Crippen LogP contribution in [0.4, 0.5) is 0 Å². The topological polar surface area (TPSA) is 15.3 Å². The summed E-state index contributed by atoms with van der Waals surface area (Å²) in [4.78, 5) is 2.68. The van der Waals surface area contributed by atoms with Gasteiger partial charge in [-0.3, -0.25) is 0 Å². The van der Waals surface area contributed by atoms with Crippen LogP contribution in [-0.4, -0.2) is 30.6 Å². The maximum Gasteiger partial charge on any atom is 0.0326 e. The van der Waals surface area contributed by atoms with E-state index in [2.05, 4.69) is 42.3 Å². The SMILES string of the molecule is Cc1ccc2c(c1)C(NCCCN1CCCCC1C)CC2. The molecule has 3 rings (SSSR count). The van der Waals surface area contributed by atoms with Crippen molar-refractivity contribution in [3.8, 4) is 0 Å². The molecule has 1 aliphatic carbocycles. The van der Waals surface area contributed by atoms with Gasteiger partial charge in [-0.2, -0.15) is 0 Å². The third kappa shape index (κ3) is 3.67. The molecule has 1 heterocycles. The molecule has 2 atom stereocenters. The summed E-state index contributed by atoms with van der Waals surface area (Å²) in [5, 5.41) is 3.79. The molecule has 0 radical (unpaired) electrons. The fourth-order valence-corrected chi connectivity index (χ4v) is 3.98. The number of hydrogen-bond acceptors (Lipinski definition) is 2. The molecule has 2 aliphatic rings. The smallest absolute Gasteiger partial charge is 0.0326 e. The predicted octanol–water partition coefficient (Wildman–Crippen LogP) is 3.84. The minimum absolute atomic E-state index is 0.596. The largest absolute Gasteiger partial charge is 0.310 e. The molecular weight excluding hydrogens is 256 g/mol. The lowest BCUT2D eigenvalue weighted by Crippen LogP contribution is -2.39. The first-order valence-electron chi connectivity index (χ1n) is 8.81. The minimum atomic E-state index is 0.596. The molecule has 1 N–H and O–H groups in total. The van der Waals surface area contributed by atoms with Gasteiger partial charge in [0.2, 0.25) is 0 Å². The number of nitrogens with zero attached hydrogens (tertiary/aromatic N) is 1. The Morgan fingerprint density at radius 3 is 3.00 bits per heavy atom. The Hall–Kier alpha value is -0.860. The Balaban J connectivity index is 1.44. The maximum atomic E-state index is 3.79. The average molecular weight is 286 g/mol. The monoisotopic (exact) mass is 286 g/mol. The molecule has 21 heavy (non-hydrogen) atoms. The van der Waals surface area contributed by atoms with Crippen molar-refractivity contribution < 1.29 is 0 Å². The molecule has 116 valence electrons. The zero-order valence-corrected chi connectivity index (χ0v) is 13.7. The van der Waals surface area contributed by atoms with Gasteiger partial charge in [0.25, 0.3) is 0 Å². The molecular formula is C19H30N2. The molecule has 1 aliphatic heterocycles. The van der Waals surface area contributed by atoms with Crippen LogP contribution in [0.5, 0.6) is 0 Å². The lowest BCUT2D eigenvalue weighted by Gasteiger charge is -2.33. The second kappa shape index (κ2) is 6.93. The number of nitrogens with one attached hydrogen (secondary N) is 1. The molecule has 0 saturated carbocycles.